The Morgan fingerprint density at radius 1 is 1.64 bits per heavy atom. The van der Waals surface area contributed by atoms with E-state index in [0.29, 0.717) is 5.06 Å². The second kappa shape index (κ2) is 2.79. The molecule has 0 atom stereocenters. The SMILES string of the molecule is CON1C=CC=C(Cl)C1(F)F. The molecule has 0 N–H and O–H groups in total. The second-order valence-electron chi connectivity index (χ2n) is 1.91. The molecule has 5 heteroatoms. The highest BCUT2D eigenvalue weighted by molar-refractivity contribution is 6.30. The minimum atomic E-state index is -3.24. The molecule has 2 nitrogen and oxygen atoms in total. The van der Waals surface area contributed by atoms with Crippen molar-refractivity contribution in [3.8, 4) is 0 Å². The molecule has 0 aromatic heterocycles. The summed E-state index contributed by atoms with van der Waals surface area (Å²) < 4.78 is 25.6. The van der Waals surface area contributed by atoms with Crippen LogP contribution < -0.4 is 0 Å². The van der Waals surface area contributed by atoms with E-state index in [1.54, 1.807) is 0 Å². The minimum Gasteiger partial charge on any atom is -0.272 e. The number of rotatable bonds is 1. The van der Waals surface area contributed by atoms with Gasteiger partial charge in [0.15, 0.2) is 0 Å². The highest BCUT2D eigenvalue weighted by atomic mass is 35.5. The summed E-state index contributed by atoms with van der Waals surface area (Å²) in [6.45, 7) is 0. The lowest BCUT2D eigenvalue weighted by atomic mass is 10.3. The maximum atomic E-state index is 12.8. The van der Waals surface area contributed by atoms with Crippen molar-refractivity contribution in [1.29, 1.82) is 0 Å². The first-order chi connectivity index (χ1) is 5.09. The van der Waals surface area contributed by atoms with E-state index >= 15 is 0 Å². The van der Waals surface area contributed by atoms with Crippen LogP contribution in [0, 0.1) is 0 Å². The Labute approximate surface area is 67.6 Å². The van der Waals surface area contributed by atoms with Crippen molar-refractivity contribution in [1.82, 2.24) is 5.06 Å². The molecule has 0 aromatic carbocycles. The van der Waals surface area contributed by atoms with Crippen LogP contribution in [0.25, 0.3) is 0 Å². The van der Waals surface area contributed by atoms with Gasteiger partial charge in [0.25, 0.3) is 0 Å². The molecule has 1 aliphatic heterocycles. The molecule has 1 rings (SSSR count). The van der Waals surface area contributed by atoms with Crippen LogP contribution in [0.15, 0.2) is 23.4 Å². The zero-order chi connectivity index (χ0) is 8.48. The molecule has 1 aliphatic rings. The van der Waals surface area contributed by atoms with E-state index in [9.17, 15) is 8.78 Å². The summed E-state index contributed by atoms with van der Waals surface area (Å²) >= 11 is 5.22. The van der Waals surface area contributed by atoms with E-state index in [1.807, 2.05) is 0 Å². The summed E-state index contributed by atoms with van der Waals surface area (Å²) in [5, 5.41) is -0.170. The molecule has 0 aromatic rings. The van der Waals surface area contributed by atoms with Gasteiger partial charge in [-0.05, 0) is 12.2 Å². The molecule has 0 spiro atoms. The van der Waals surface area contributed by atoms with Crippen molar-refractivity contribution >= 4 is 11.6 Å². The average Bonchev–Trinajstić information content (AvgIpc) is 1.95. The van der Waals surface area contributed by atoms with E-state index in [-0.39, 0.29) is 0 Å². The summed E-state index contributed by atoms with van der Waals surface area (Å²) in [7, 11) is 1.15. The first kappa shape index (κ1) is 8.49. The Balaban J connectivity index is 2.89. The predicted molar refractivity (Wildman–Crippen MR) is 36.9 cm³/mol. The molecule has 0 fully saturated rings. The van der Waals surface area contributed by atoms with Gasteiger partial charge in [0.05, 0.1) is 7.11 Å². The van der Waals surface area contributed by atoms with Gasteiger partial charge >= 0.3 is 6.05 Å². The molecule has 62 valence electrons. The van der Waals surface area contributed by atoms with Crippen molar-refractivity contribution < 1.29 is 13.6 Å². The van der Waals surface area contributed by atoms with Crippen LogP contribution in [0.2, 0.25) is 0 Å². The van der Waals surface area contributed by atoms with Crippen LogP contribution in [0.5, 0.6) is 0 Å². The van der Waals surface area contributed by atoms with Crippen LogP contribution in [-0.2, 0) is 4.84 Å². The third-order valence-corrected chi connectivity index (χ3v) is 1.58. The van der Waals surface area contributed by atoms with Crippen LogP contribution in [0.4, 0.5) is 8.78 Å². The number of alkyl halides is 2. The molecular weight excluding hydrogens is 176 g/mol. The Morgan fingerprint density at radius 2 is 2.27 bits per heavy atom. The molecule has 0 aliphatic carbocycles. The number of nitrogens with zero attached hydrogens (tertiary/aromatic N) is 1. The van der Waals surface area contributed by atoms with Gasteiger partial charge in [0.2, 0.25) is 0 Å². The smallest absolute Gasteiger partial charge is 0.272 e. The monoisotopic (exact) mass is 181 g/mol. The lowest BCUT2D eigenvalue weighted by Crippen LogP contribution is -2.38. The Hall–Kier alpha value is -0.610. The fourth-order valence-corrected chi connectivity index (χ4v) is 0.836. The summed E-state index contributed by atoms with van der Waals surface area (Å²) in [5.74, 6) is 0. The van der Waals surface area contributed by atoms with Crippen molar-refractivity contribution in [2.24, 2.45) is 0 Å². The van der Waals surface area contributed by atoms with Gasteiger partial charge in [-0.3, -0.25) is 4.84 Å². The summed E-state index contributed by atoms with van der Waals surface area (Å²) in [4.78, 5) is 4.35. The van der Waals surface area contributed by atoms with Crippen LogP contribution in [0.3, 0.4) is 0 Å². The summed E-state index contributed by atoms with van der Waals surface area (Å²) in [6.07, 6.45) is 3.60. The fraction of sp³-hybridized carbons (Fsp3) is 0.333. The highest BCUT2D eigenvalue weighted by Gasteiger charge is 2.41. The average molecular weight is 182 g/mol. The molecule has 11 heavy (non-hydrogen) atoms. The highest BCUT2D eigenvalue weighted by Crippen LogP contribution is 2.33. The van der Waals surface area contributed by atoms with Gasteiger partial charge in [-0.25, -0.2) is 0 Å². The van der Waals surface area contributed by atoms with E-state index in [4.69, 9.17) is 11.6 Å². The van der Waals surface area contributed by atoms with E-state index < -0.39 is 11.1 Å². The van der Waals surface area contributed by atoms with E-state index in [2.05, 4.69) is 4.84 Å². The summed E-state index contributed by atoms with van der Waals surface area (Å²) in [5.41, 5.74) is 0. The van der Waals surface area contributed by atoms with Crippen molar-refractivity contribution in [3.05, 3.63) is 23.4 Å². The molecule has 0 saturated carbocycles. The van der Waals surface area contributed by atoms with Crippen molar-refractivity contribution in [2.45, 2.75) is 6.05 Å². The molecular formula is C6H6ClF2NO. The first-order valence-corrected chi connectivity index (χ1v) is 3.22. The summed E-state index contributed by atoms with van der Waals surface area (Å²) in [6, 6.07) is -3.24. The lowest BCUT2D eigenvalue weighted by Gasteiger charge is -2.28. The van der Waals surface area contributed by atoms with Crippen LogP contribution in [-0.4, -0.2) is 18.2 Å². The normalized spacial score (nSPS) is 21.8. The van der Waals surface area contributed by atoms with Crippen LogP contribution in [0.1, 0.15) is 0 Å². The van der Waals surface area contributed by atoms with Gasteiger partial charge in [0, 0.05) is 6.20 Å². The van der Waals surface area contributed by atoms with Crippen LogP contribution >= 0.6 is 11.6 Å². The maximum absolute atomic E-state index is 12.8. The molecule has 0 bridgehead atoms. The standard InChI is InChI=1S/C6H6ClF2NO/c1-11-10-4-2-3-5(7)6(10,8)9/h2-4H,1H3. The Morgan fingerprint density at radius 3 is 2.73 bits per heavy atom. The van der Waals surface area contributed by atoms with Gasteiger partial charge in [0.1, 0.15) is 5.03 Å². The fourth-order valence-electron chi connectivity index (χ4n) is 0.680. The number of hydroxylamine groups is 2. The van der Waals surface area contributed by atoms with E-state index in [1.165, 1.54) is 6.08 Å². The first-order valence-electron chi connectivity index (χ1n) is 2.84. The van der Waals surface area contributed by atoms with Gasteiger partial charge in [-0.2, -0.15) is 13.8 Å². The number of allylic oxidation sites excluding steroid dienone is 2. The lowest BCUT2D eigenvalue weighted by molar-refractivity contribution is -0.252. The number of hydrogen-bond acceptors (Lipinski definition) is 2. The van der Waals surface area contributed by atoms with Gasteiger partial charge < -0.3 is 0 Å². The molecule has 1 heterocycles. The zero-order valence-corrected chi connectivity index (χ0v) is 6.48. The largest absolute Gasteiger partial charge is 0.384 e. The molecule has 0 amide bonds. The van der Waals surface area contributed by atoms with Crippen molar-refractivity contribution in [3.63, 3.8) is 0 Å². The Bertz CT molecular complexity index is 215. The number of halogens is 3. The minimum absolute atomic E-state index is 0.384. The predicted octanol–water partition coefficient (Wildman–Crippen LogP) is 2.09. The molecule has 0 radical (unpaired) electrons. The third kappa shape index (κ3) is 1.36. The Kier molecular flexibility index (Phi) is 2.15. The maximum Gasteiger partial charge on any atom is 0.384 e. The number of hydrogen-bond donors (Lipinski definition) is 0. The quantitative estimate of drug-likeness (QED) is 0.575. The van der Waals surface area contributed by atoms with Gasteiger partial charge in [-0.15, -0.1) is 0 Å². The zero-order valence-electron chi connectivity index (χ0n) is 5.72. The van der Waals surface area contributed by atoms with Gasteiger partial charge in [-0.1, -0.05) is 11.6 Å². The second-order valence-corrected chi connectivity index (χ2v) is 2.31. The molecule has 0 saturated heterocycles. The molecule has 0 unspecified atom stereocenters. The topological polar surface area (TPSA) is 12.5 Å². The third-order valence-electron chi connectivity index (χ3n) is 1.22. The van der Waals surface area contributed by atoms with E-state index in [0.717, 1.165) is 19.4 Å². The van der Waals surface area contributed by atoms with Crippen molar-refractivity contribution in [2.75, 3.05) is 7.11 Å².